The van der Waals surface area contributed by atoms with Crippen molar-refractivity contribution in [2.24, 2.45) is 5.92 Å². The minimum absolute atomic E-state index is 0.0511. The van der Waals surface area contributed by atoms with Crippen molar-refractivity contribution < 1.29 is 14.5 Å². The molecule has 0 radical (unpaired) electrons. The van der Waals surface area contributed by atoms with Crippen LogP contribution in [0.2, 0.25) is 0 Å². The highest BCUT2D eigenvalue weighted by Crippen LogP contribution is 2.27. The maximum absolute atomic E-state index is 12.7. The Kier molecular flexibility index (Phi) is 7.80. The molecule has 0 bridgehead atoms. The third-order valence-corrected chi connectivity index (χ3v) is 6.16. The van der Waals surface area contributed by atoms with E-state index in [1.807, 2.05) is 24.3 Å². The minimum atomic E-state index is -0.594. The quantitative estimate of drug-likeness (QED) is 0.204. The molecule has 7 heteroatoms. The molecule has 3 aromatic carbocycles. The Morgan fingerprint density at radius 2 is 1.60 bits per heavy atom. The van der Waals surface area contributed by atoms with Crippen LogP contribution in [0.4, 0.5) is 11.4 Å². The van der Waals surface area contributed by atoms with Gasteiger partial charge in [-0.3, -0.25) is 24.6 Å². The molecule has 1 heterocycles. The van der Waals surface area contributed by atoms with E-state index >= 15 is 0 Å². The lowest BCUT2D eigenvalue weighted by Crippen LogP contribution is -2.32. The summed E-state index contributed by atoms with van der Waals surface area (Å²) < 4.78 is 0. The van der Waals surface area contributed by atoms with Gasteiger partial charge < -0.3 is 5.32 Å². The van der Waals surface area contributed by atoms with Gasteiger partial charge in [0, 0.05) is 23.7 Å². The van der Waals surface area contributed by atoms with Gasteiger partial charge in [-0.2, -0.15) is 0 Å². The normalized spacial score (nSPS) is 14.6. The molecule has 35 heavy (non-hydrogen) atoms. The third kappa shape index (κ3) is 6.49. The minimum Gasteiger partial charge on any atom is -0.316 e. The molecule has 1 amide bonds. The molecule has 1 aliphatic rings. The molecule has 3 aromatic rings. The lowest BCUT2D eigenvalue weighted by molar-refractivity contribution is -0.383. The molecule has 0 saturated carbocycles. The zero-order chi connectivity index (χ0) is 24.6. The highest BCUT2D eigenvalue weighted by atomic mass is 16.6. The van der Waals surface area contributed by atoms with E-state index in [-0.39, 0.29) is 22.7 Å². The van der Waals surface area contributed by atoms with Crippen LogP contribution in [0.25, 0.3) is 0 Å². The van der Waals surface area contributed by atoms with E-state index in [2.05, 4.69) is 22.3 Å². The summed E-state index contributed by atoms with van der Waals surface area (Å²) in [5, 5.41) is 14.2. The van der Waals surface area contributed by atoms with Gasteiger partial charge in [-0.1, -0.05) is 54.6 Å². The average Bonchev–Trinajstić information content (AvgIpc) is 2.89. The van der Waals surface area contributed by atoms with Gasteiger partial charge in [0.1, 0.15) is 5.69 Å². The zero-order valence-electron chi connectivity index (χ0n) is 19.3. The number of carbonyl (C=O) groups excluding carboxylic acids is 2. The highest BCUT2D eigenvalue weighted by Gasteiger charge is 2.20. The van der Waals surface area contributed by atoms with Gasteiger partial charge in [-0.05, 0) is 67.8 Å². The maximum Gasteiger partial charge on any atom is 0.293 e. The molecule has 7 nitrogen and oxygen atoms in total. The second kappa shape index (κ2) is 11.4. The Balaban J connectivity index is 1.36. The van der Waals surface area contributed by atoms with Gasteiger partial charge in [0.15, 0.2) is 5.78 Å². The SMILES string of the molecule is O=C(/C=C/C1CCN(Cc2ccccc2)CC1)c1ccc(NC(=O)c2ccccc2)c([N+](=O)[O-])c1. The predicted molar refractivity (Wildman–Crippen MR) is 135 cm³/mol. The molecule has 0 atom stereocenters. The fourth-order valence-electron chi connectivity index (χ4n) is 4.19. The van der Waals surface area contributed by atoms with Crippen LogP contribution in [0.3, 0.4) is 0 Å². The third-order valence-electron chi connectivity index (χ3n) is 6.16. The highest BCUT2D eigenvalue weighted by molar-refractivity contribution is 6.08. The maximum atomic E-state index is 12.7. The summed E-state index contributed by atoms with van der Waals surface area (Å²) in [7, 11) is 0. The van der Waals surface area contributed by atoms with Crippen molar-refractivity contribution in [3.05, 3.63) is 118 Å². The fraction of sp³-hybridized carbons (Fsp3) is 0.214. The summed E-state index contributed by atoms with van der Waals surface area (Å²) in [6.07, 6.45) is 5.35. The van der Waals surface area contributed by atoms with E-state index in [4.69, 9.17) is 0 Å². The van der Waals surface area contributed by atoms with E-state index in [1.54, 1.807) is 30.3 Å². The summed E-state index contributed by atoms with van der Waals surface area (Å²) in [6.45, 7) is 2.84. The number of likely N-dealkylation sites (tertiary alicyclic amines) is 1. The predicted octanol–water partition coefficient (Wildman–Crippen LogP) is 5.50. The number of rotatable bonds is 8. The summed E-state index contributed by atoms with van der Waals surface area (Å²) in [4.78, 5) is 38.5. The zero-order valence-corrected chi connectivity index (χ0v) is 19.3. The van der Waals surface area contributed by atoms with Gasteiger partial charge in [-0.15, -0.1) is 0 Å². The van der Waals surface area contributed by atoms with Crippen molar-refractivity contribution in [3.8, 4) is 0 Å². The van der Waals surface area contributed by atoms with Crippen molar-refractivity contribution in [1.82, 2.24) is 4.90 Å². The number of amides is 1. The number of allylic oxidation sites excluding steroid dienone is 2. The first kappa shape index (κ1) is 24.0. The number of nitro benzene ring substituents is 1. The van der Waals surface area contributed by atoms with Crippen LogP contribution in [0, 0.1) is 16.0 Å². The number of ketones is 1. The van der Waals surface area contributed by atoms with Gasteiger partial charge in [0.25, 0.3) is 11.6 Å². The topological polar surface area (TPSA) is 92.6 Å². The first-order chi connectivity index (χ1) is 17.0. The Bertz CT molecular complexity index is 1220. The van der Waals surface area contributed by atoms with Crippen LogP contribution in [-0.2, 0) is 6.54 Å². The largest absolute Gasteiger partial charge is 0.316 e. The number of hydrogen-bond acceptors (Lipinski definition) is 5. The lowest BCUT2D eigenvalue weighted by Gasteiger charge is -2.30. The molecular weight excluding hydrogens is 442 g/mol. The molecule has 1 N–H and O–H groups in total. The molecular formula is C28H27N3O4. The van der Waals surface area contributed by atoms with Crippen molar-refractivity contribution in [2.45, 2.75) is 19.4 Å². The van der Waals surface area contributed by atoms with Gasteiger partial charge >= 0.3 is 0 Å². The number of piperidine rings is 1. The molecule has 1 aliphatic heterocycles. The summed E-state index contributed by atoms with van der Waals surface area (Å²) in [5.74, 6) is -0.447. The molecule has 1 saturated heterocycles. The number of nitro groups is 1. The molecule has 1 fully saturated rings. The van der Waals surface area contributed by atoms with Crippen LogP contribution in [0.1, 0.15) is 39.1 Å². The van der Waals surface area contributed by atoms with Crippen molar-refractivity contribution in [2.75, 3.05) is 18.4 Å². The number of anilines is 1. The Morgan fingerprint density at radius 1 is 0.943 bits per heavy atom. The van der Waals surface area contributed by atoms with Crippen LogP contribution in [0.15, 0.2) is 91.0 Å². The Labute approximate surface area is 204 Å². The van der Waals surface area contributed by atoms with Crippen LogP contribution < -0.4 is 5.32 Å². The number of benzene rings is 3. The van der Waals surface area contributed by atoms with Gasteiger partial charge in [-0.25, -0.2) is 0 Å². The van der Waals surface area contributed by atoms with Gasteiger partial charge in [0.2, 0.25) is 0 Å². The molecule has 0 aromatic heterocycles. The fourth-order valence-corrected chi connectivity index (χ4v) is 4.19. The number of hydrogen-bond donors (Lipinski definition) is 1. The first-order valence-corrected chi connectivity index (χ1v) is 11.6. The van der Waals surface area contributed by atoms with Crippen LogP contribution in [-0.4, -0.2) is 34.6 Å². The standard InChI is InChI=1S/C28H27N3O4/c32-27(14-11-21-15-17-30(18-16-21)20-22-7-3-1-4-8-22)24-12-13-25(26(19-24)31(34)35)29-28(33)23-9-5-2-6-10-23/h1-14,19,21H,15-18,20H2,(H,29,33)/b14-11+. The van der Waals surface area contributed by atoms with Gasteiger partial charge in [0.05, 0.1) is 4.92 Å². The summed E-state index contributed by atoms with van der Waals surface area (Å²) in [6, 6.07) is 22.9. The summed E-state index contributed by atoms with van der Waals surface area (Å²) >= 11 is 0. The second-order valence-corrected chi connectivity index (χ2v) is 8.63. The molecule has 4 rings (SSSR count). The van der Waals surface area contributed by atoms with E-state index < -0.39 is 10.8 Å². The molecule has 178 valence electrons. The summed E-state index contributed by atoms with van der Waals surface area (Å²) in [5.41, 5.74) is 1.63. The Morgan fingerprint density at radius 3 is 2.26 bits per heavy atom. The van der Waals surface area contributed by atoms with Crippen molar-refractivity contribution in [1.29, 1.82) is 0 Å². The van der Waals surface area contributed by atoms with E-state index in [1.165, 1.54) is 29.8 Å². The van der Waals surface area contributed by atoms with Crippen molar-refractivity contribution in [3.63, 3.8) is 0 Å². The number of carbonyl (C=O) groups is 2. The van der Waals surface area contributed by atoms with Crippen molar-refractivity contribution >= 4 is 23.1 Å². The number of nitrogens with one attached hydrogen (secondary N) is 1. The van der Waals surface area contributed by atoms with Crippen LogP contribution >= 0.6 is 0 Å². The van der Waals surface area contributed by atoms with Crippen LogP contribution in [0.5, 0.6) is 0 Å². The van der Waals surface area contributed by atoms with E-state index in [0.717, 1.165) is 32.5 Å². The molecule has 0 unspecified atom stereocenters. The second-order valence-electron chi connectivity index (χ2n) is 8.63. The number of nitrogens with zero attached hydrogens (tertiary/aromatic N) is 2. The first-order valence-electron chi connectivity index (χ1n) is 11.6. The van der Waals surface area contributed by atoms with E-state index in [0.29, 0.717) is 11.5 Å². The smallest absolute Gasteiger partial charge is 0.293 e. The molecule has 0 spiro atoms. The average molecular weight is 470 g/mol. The van der Waals surface area contributed by atoms with E-state index in [9.17, 15) is 19.7 Å². The lowest BCUT2D eigenvalue weighted by atomic mass is 9.95. The molecule has 0 aliphatic carbocycles. The Hall–Kier alpha value is -4.10. The monoisotopic (exact) mass is 469 g/mol.